The topological polar surface area (TPSA) is 9.23 Å². The van der Waals surface area contributed by atoms with E-state index >= 15 is 0 Å². The van der Waals surface area contributed by atoms with Crippen molar-refractivity contribution < 1.29 is 4.43 Å². The van der Waals surface area contributed by atoms with E-state index in [2.05, 4.69) is 69.5 Å². The fourth-order valence-corrected chi connectivity index (χ4v) is 3.49. The van der Waals surface area contributed by atoms with Crippen LogP contribution in [0.3, 0.4) is 0 Å². The lowest BCUT2D eigenvalue weighted by molar-refractivity contribution is 0.378. The molecular formula is C20H24ClOSi. The third kappa shape index (κ3) is 5.80. The molecule has 23 heavy (non-hydrogen) atoms. The van der Waals surface area contributed by atoms with Crippen LogP contribution in [-0.4, -0.2) is 23.0 Å². The fourth-order valence-electron chi connectivity index (χ4n) is 3.19. The normalized spacial score (nSPS) is 14.9. The van der Waals surface area contributed by atoms with Gasteiger partial charge in [-0.05, 0) is 35.4 Å². The van der Waals surface area contributed by atoms with Gasteiger partial charge in [0.2, 0.25) is 10.5 Å². The average molecular weight is 344 g/mol. The van der Waals surface area contributed by atoms with Crippen molar-refractivity contribution in [2.45, 2.75) is 38.0 Å². The first-order chi connectivity index (χ1) is 11.4. The van der Waals surface area contributed by atoms with Gasteiger partial charge in [-0.2, -0.15) is 0 Å². The minimum Gasteiger partial charge on any atom is -0.417 e. The highest BCUT2D eigenvalue weighted by molar-refractivity contribution is 6.18. The summed E-state index contributed by atoms with van der Waals surface area (Å²) in [4.78, 5) is 0. The molecule has 1 fully saturated rings. The van der Waals surface area contributed by atoms with Crippen LogP contribution in [0.15, 0.2) is 54.6 Å². The predicted octanol–water partition coefficient (Wildman–Crippen LogP) is 5.73. The summed E-state index contributed by atoms with van der Waals surface area (Å²) in [6.07, 6.45) is 6.94. The van der Waals surface area contributed by atoms with E-state index in [0.29, 0.717) is 12.5 Å². The highest BCUT2D eigenvalue weighted by Crippen LogP contribution is 2.37. The maximum atomic E-state index is 5.15. The van der Waals surface area contributed by atoms with Gasteiger partial charge in [0, 0.05) is 12.5 Å². The van der Waals surface area contributed by atoms with Crippen LogP contribution in [0.2, 0.25) is 0 Å². The van der Waals surface area contributed by atoms with E-state index in [1.165, 1.54) is 43.2 Å². The van der Waals surface area contributed by atoms with Gasteiger partial charge < -0.3 is 4.43 Å². The Morgan fingerprint density at radius 3 is 2.17 bits per heavy atom. The predicted molar refractivity (Wildman–Crippen MR) is 100 cm³/mol. The lowest BCUT2D eigenvalue weighted by Crippen LogP contribution is -2.05. The van der Waals surface area contributed by atoms with E-state index in [1.54, 1.807) is 5.56 Å². The molecule has 1 nitrogen and oxygen atoms in total. The van der Waals surface area contributed by atoms with E-state index in [1.807, 2.05) is 0 Å². The van der Waals surface area contributed by atoms with Crippen LogP contribution in [0.4, 0.5) is 0 Å². The van der Waals surface area contributed by atoms with Crippen LogP contribution in [0.5, 0.6) is 0 Å². The second-order valence-corrected chi connectivity index (χ2v) is 6.49. The van der Waals surface area contributed by atoms with Gasteiger partial charge in [0.1, 0.15) is 0 Å². The van der Waals surface area contributed by atoms with Crippen molar-refractivity contribution in [1.29, 1.82) is 0 Å². The summed E-state index contributed by atoms with van der Waals surface area (Å²) in [7, 11) is 2.77. The molecule has 3 rings (SSSR count). The molecule has 0 saturated heterocycles. The molecule has 0 heterocycles. The van der Waals surface area contributed by atoms with Crippen LogP contribution in [0.25, 0.3) is 11.1 Å². The number of halogens is 1. The Hall–Kier alpha value is -1.09. The second kappa shape index (κ2) is 10.6. The summed E-state index contributed by atoms with van der Waals surface area (Å²) >= 11 is 5.15. The molecule has 2 aromatic rings. The Labute approximate surface area is 148 Å². The molecule has 2 aromatic carbocycles. The molecular weight excluding hydrogens is 320 g/mol. The average Bonchev–Trinajstić information content (AvgIpc) is 2.64. The summed E-state index contributed by atoms with van der Waals surface area (Å²) in [6, 6.07) is 19.8. The highest BCUT2D eigenvalue weighted by Gasteiger charge is 2.18. The lowest BCUT2D eigenvalue weighted by Gasteiger charge is -2.24. The Bertz CT molecular complexity index is 551. The molecule has 121 valence electrons. The Morgan fingerprint density at radius 2 is 1.57 bits per heavy atom. The van der Waals surface area contributed by atoms with Crippen LogP contribution >= 0.6 is 11.6 Å². The van der Waals surface area contributed by atoms with E-state index in [9.17, 15) is 0 Å². The molecule has 0 spiro atoms. The number of alkyl halides is 1. The third-order valence-electron chi connectivity index (χ3n) is 4.27. The van der Waals surface area contributed by atoms with Crippen molar-refractivity contribution in [2.75, 3.05) is 12.5 Å². The zero-order chi connectivity index (χ0) is 16.3. The van der Waals surface area contributed by atoms with E-state index in [-0.39, 0.29) is 0 Å². The van der Waals surface area contributed by atoms with Crippen molar-refractivity contribution in [1.82, 2.24) is 0 Å². The first-order valence-corrected chi connectivity index (χ1v) is 9.30. The van der Waals surface area contributed by atoms with Crippen molar-refractivity contribution in [2.24, 2.45) is 0 Å². The van der Waals surface area contributed by atoms with Crippen molar-refractivity contribution in [3.05, 3.63) is 60.2 Å². The Kier molecular flexibility index (Phi) is 8.44. The quantitative estimate of drug-likeness (QED) is 0.509. The van der Waals surface area contributed by atoms with E-state index < -0.39 is 0 Å². The molecule has 0 N–H and O–H groups in total. The van der Waals surface area contributed by atoms with Crippen LogP contribution in [0.1, 0.15) is 43.6 Å². The first kappa shape index (κ1) is 18.2. The molecule has 1 saturated carbocycles. The third-order valence-corrected chi connectivity index (χ3v) is 4.63. The minimum atomic E-state index is 0.545. The maximum absolute atomic E-state index is 5.15. The maximum Gasteiger partial charge on any atom is 0.246 e. The van der Waals surface area contributed by atoms with Gasteiger partial charge in [-0.3, -0.25) is 0 Å². The van der Waals surface area contributed by atoms with Gasteiger partial charge in [-0.1, -0.05) is 73.9 Å². The molecule has 3 heteroatoms. The zero-order valence-electron chi connectivity index (χ0n) is 13.5. The molecule has 3 radical (unpaired) electrons. The number of hydrogen-bond acceptors (Lipinski definition) is 1. The van der Waals surface area contributed by atoms with Crippen LogP contribution in [-0.2, 0) is 4.43 Å². The standard InChI is InChI=1S/C18H20.C2H4ClOSi/c1-3-9-15(10-4-1)17-13-7-8-14-18(17)16-11-5-2-6-12-16;3-1-2-4-5/h1,3-4,7-10,13-14,16H,2,5-6,11-12H2;1-2H2. The van der Waals surface area contributed by atoms with Gasteiger partial charge in [-0.15, -0.1) is 11.6 Å². The fraction of sp³-hybridized carbons (Fsp3) is 0.400. The molecule has 0 atom stereocenters. The summed E-state index contributed by atoms with van der Waals surface area (Å²) in [6.45, 7) is 0.568. The van der Waals surface area contributed by atoms with Gasteiger partial charge in [0.05, 0.1) is 0 Å². The summed E-state index contributed by atoms with van der Waals surface area (Å²) in [5.74, 6) is 1.32. The number of hydrogen-bond donors (Lipinski definition) is 0. The highest BCUT2D eigenvalue weighted by atomic mass is 35.5. The smallest absolute Gasteiger partial charge is 0.246 e. The van der Waals surface area contributed by atoms with Crippen LogP contribution in [0, 0.1) is 0 Å². The van der Waals surface area contributed by atoms with E-state index in [0.717, 1.165) is 5.92 Å². The van der Waals surface area contributed by atoms with Crippen molar-refractivity contribution in [3.8, 4) is 11.1 Å². The molecule has 1 aliphatic rings. The first-order valence-electron chi connectivity index (χ1n) is 8.35. The van der Waals surface area contributed by atoms with Gasteiger partial charge in [0.15, 0.2) is 0 Å². The monoisotopic (exact) mass is 343 g/mol. The largest absolute Gasteiger partial charge is 0.417 e. The number of rotatable bonds is 4. The van der Waals surface area contributed by atoms with Gasteiger partial charge >= 0.3 is 0 Å². The number of benzene rings is 2. The molecule has 0 bridgehead atoms. The molecule has 0 aliphatic heterocycles. The Balaban J connectivity index is 0.000000338. The van der Waals surface area contributed by atoms with E-state index in [4.69, 9.17) is 11.6 Å². The van der Waals surface area contributed by atoms with Crippen molar-refractivity contribution >= 4 is 22.1 Å². The van der Waals surface area contributed by atoms with Crippen LogP contribution < -0.4 is 0 Å². The zero-order valence-corrected chi connectivity index (χ0v) is 15.3. The molecule has 0 aromatic heterocycles. The Morgan fingerprint density at radius 1 is 0.913 bits per heavy atom. The molecule has 0 unspecified atom stereocenters. The van der Waals surface area contributed by atoms with Crippen molar-refractivity contribution in [3.63, 3.8) is 0 Å². The SMILES string of the molecule is [Si]OCCCl.c1ccc(-c2ccccc2C2CCCCC2)cc1. The van der Waals surface area contributed by atoms with Gasteiger partial charge in [-0.25, -0.2) is 0 Å². The second-order valence-electron chi connectivity index (χ2n) is 5.83. The van der Waals surface area contributed by atoms with Gasteiger partial charge in [0.25, 0.3) is 0 Å². The minimum absolute atomic E-state index is 0.545. The summed E-state index contributed by atoms with van der Waals surface area (Å²) in [5.41, 5.74) is 4.35. The summed E-state index contributed by atoms with van der Waals surface area (Å²) in [5, 5.41) is 0. The molecule has 1 aliphatic carbocycles. The summed E-state index contributed by atoms with van der Waals surface area (Å²) < 4.78 is 4.36. The lowest BCUT2D eigenvalue weighted by atomic mass is 9.81. The molecule has 0 amide bonds.